The number of esters is 1. The molecule has 0 aliphatic heterocycles. The summed E-state index contributed by atoms with van der Waals surface area (Å²) in [5.74, 6) is 0.453. The summed E-state index contributed by atoms with van der Waals surface area (Å²) in [5, 5.41) is 13.6. The van der Waals surface area contributed by atoms with Crippen LogP contribution in [0, 0.1) is 28.3 Å². The summed E-state index contributed by atoms with van der Waals surface area (Å²) in [5.41, 5.74) is -0.919. The summed E-state index contributed by atoms with van der Waals surface area (Å²) in [4.78, 5) is 21.6. The van der Waals surface area contributed by atoms with Crippen LogP contribution in [0.3, 0.4) is 0 Å². The van der Waals surface area contributed by atoms with Gasteiger partial charge in [-0.05, 0) is 12.5 Å². The number of nitro groups is 1. The second-order valence-electron chi connectivity index (χ2n) is 3.87. The van der Waals surface area contributed by atoms with Crippen molar-refractivity contribution in [1.29, 1.82) is 0 Å². The second-order valence-corrected chi connectivity index (χ2v) is 3.87. The number of nitrogens with one attached hydrogen (secondary N) is 1. The number of benzene rings is 1. The maximum atomic E-state index is 13.7. The number of nitrogens with zero attached hydrogens (tertiary/aromatic N) is 1. The third-order valence-corrected chi connectivity index (χ3v) is 2.63. The second kappa shape index (κ2) is 6.52. The highest BCUT2D eigenvalue weighted by atomic mass is 19.1. The fraction of sp³-hybridized carbons (Fsp3) is 0.308. The molecule has 20 heavy (non-hydrogen) atoms. The molecule has 0 saturated heterocycles. The van der Waals surface area contributed by atoms with Gasteiger partial charge in [-0.1, -0.05) is 12.8 Å². The minimum Gasteiger partial charge on any atom is -0.465 e. The van der Waals surface area contributed by atoms with Gasteiger partial charge in [0.05, 0.1) is 29.7 Å². The van der Waals surface area contributed by atoms with Crippen LogP contribution in [-0.2, 0) is 4.74 Å². The molecule has 0 saturated carbocycles. The number of hydrogen-bond acceptors (Lipinski definition) is 5. The Kier molecular flexibility index (Phi) is 5.03. The Morgan fingerprint density at radius 3 is 2.75 bits per heavy atom. The average Bonchev–Trinajstić information content (AvgIpc) is 2.44. The average molecular weight is 280 g/mol. The molecule has 1 unspecified atom stereocenters. The van der Waals surface area contributed by atoms with Gasteiger partial charge in [0.25, 0.3) is 5.69 Å². The molecule has 1 aromatic rings. The molecule has 1 rings (SSSR count). The van der Waals surface area contributed by atoms with Crippen molar-refractivity contribution >= 4 is 17.3 Å². The number of carbonyl (C=O) groups excluding carboxylic acids is 1. The van der Waals surface area contributed by atoms with Crippen molar-refractivity contribution in [3.63, 3.8) is 0 Å². The summed E-state index contributed by atoms with van der Waals surface area (Å²) >= 11 is 0. The zero-order valence-corrected chi connectivity index (χ0v) is 11.0. The van der Waals surface area contributed by atoms with Gasteiger partial charge < -0.3 is 10.1 Å². The highest BCUT2D eigenvalue weighted by molar-refractivity contribution is 5.92. The molecule has 0 radical (unpaired) electrons. The van der Waals surface area contributed by atoms with E-state index >= 15 is 0 Å². The molecule has 0 aliphatic rings. The van der Waals surface area contributed by atoms with Crippen molar-refractivity contribution < 1.29 is 18.8 Å². The minimum absolute atomic E-state index is 0.0263. The van der Waals surface area contributed by atoms with Crippen molar-refractivity contribution in [3.8, 4) is 12.3 Å². The van der Waals surface area contributed by atoms with Gasteiger partial charge in [-0.15, -0.1) is 6.42 Å². The normalized spacial score (nSPS) is 11.3. The third-order valence-electron chi connectivity index (χ3n) is 2.63. The number of rotatable bonds is 5. The number of carbonyl (C=O) groups is 1. The molecule has 0 aliphatic carbocycles. The Bertz CT molecular complexity index is 580. The van der Waals surface area contributed by atoms with Gasteiger partial charge in [-0.2, -0.15) is 0 Å². The zero-order valence-electron chi connectivity index (χ0n) is 11.0. The zero-order chi connectivity index (χ0) is 15.3. The van der Waals surface area contributed by atoms with E-state index in [4.69, 9.17) is 6.42 Å². The van der Waals surface area contributed by atoms with E-state index in [1.165, 1.54) is 0 Å². The Hall–Kier alpha value is -2.62. The molecule has 7 heteroatoms. The Balaban J connectivity index is 3.34. The lowest BCUT2D eigenvalue weighted by molar-refractivity contribution is -0.384. The molecule has 0 heterocycles. The van der Waals surface area contributed by atoms with Crippen LogP contribution in [0.15, 0.2) is 12.1 Å². The molecular formula is C13H13FN2O4. The fourth-order valence-electron chi connectivity index (χ4n) is 1.55. The molecule has 1 aromatic carbocycles. The molecule has 0 bridgehead atoms. The number of ether oxygens (including phenoxy) is 1. The third kappa shape index (κ3) is 3.23. The van der Waals surface area contributed by atoms with Crippen LogP contribution >= 0.6 is 0 Å². The van der Waals surface area contributed by atoms with E-state index in [0.29, 0.717) is 12.5 Å². The maximum Gasteiger partial charge on any atom is 0.340 e. The van der Waals surface area contributed by atoms with Gasteiger partial charge in [0.15, 0.2) is 0 Å². The lowest BCUT2D eigenvalue weighted by Crippen LogP contribution is -2.17. The first-order chi connectivity index (χ1) is 9.44. The molecule has 0 fully saturated rings. The van der Waals surface area contributed by atoms with Crippen molar-refractivity contribution in [2.24, 2.45) is 0 Å². The molecule has 106 valence electrons. The SMILES string of the molecule is C#CC(CC)Nc1cc(C(=O)OC)c(F)cc1[N+](=O)[O-]. The maximum absolute atomic E-state index is 13.7. The first-order valence-corrected chi connectivity index (χ1v) is 5.73. The van der Waals surface area contributed by atoms with Crippen molar-refractivity contribution in [2.75, 3.05) is 12.4 Å². The van der Waals surface area contributed by atoms with E-state index in [1.807, 2.05) is 0 Å². The Morgan fingerprint density at radius 1 is 1.65 bits per heavy atom. The van der Waals surface area contributed by atoms with E-state index < -0.39 is 34.0 Å². The molecule has 6 nitrogen and oxygen atoms in total. The van der Waals surface area contributed by atoms with E-state index in [2.05, 4.69) is 16.0 Å². The lowest BCUT2D eigenvalue weighted by Gasteiger charge is -2.13. The van der Waals surface area contributed by atoms with Crippen molar-refractivity contribution in [1.82, 2.24) is 0 Å². The number of terminal acetylenes is 1. The highest BCUT2D eigenvalue weighted by Crippen LogP contribution is 2.29. The number of methoxy groups -OCH3 is 1. The predicted molar refractivity (Wildman–Crippen MR) is 70.9 cm³/mol. The number of halogens is 1. The molecule has 0 spiro atoms. The summed E-state index contributed by atoms with van der Waals surface area (Å²) in [7, 11) is 1.09. The summed E-state index contributed by atoms with van der Waals surface area (Å²) in [6.07, 6.45) is 5.78. The quantitative estimate of drug-likeness (QED) is 0.387. The lowest BCUT2D eigenvalue weighted by atomic mass is 10.1. The Morgan fingerprint density at radius 2 is 2.30 bits per heavy atom. The first kappa shape index (κ1) is 15.4. The van der Waals surface area contributed by atoms with Crippen LogP contribution in [0.25, 0.3) is 0 Å². The fourth-order valence-corrected chi connectivity index (χ4v) is 1.55. The molecule has 1 atom stereocenters. The van der Waals surface area contributed by atoms with Crippen molar-refractivity contribution in [3.05, 3.63) is 33.6 Å². The summed E-state index contributed by atoms with van der Waals surface area (Å²) in [6.45, 7) is 1.79. The number of nitro benzene ring substituents is 1. The van der Waals surface area contributed by atoms with Gasteiger partial charge >= 0.3 is 5.97 Å². The van der Waals surface area contributed by atoms with Crippen LogP contribution in [0.5, 0.6) is 0 Å². The Labute approximate surface area is 115 Å². The van der Waals surface area contributed by atoms with Crippen molar-refractivity contribution in [2.45, 2.75) is 19.4 Å². The van der Waals surface area contributed by atoms with Crippen LogP contribution in [0.4, 0.5) is 15.8 Å². The minimum atomic E-state index is -1.03. The van der Waals surface area contributed by atoms with Crippen LogP contribution in [0.2, 0.25) is 0 Å². The molecule has 0 aromatic heterocycles. The van der Waals surface area contributed by atoms with E-state index in [9.17, 15) is 19.3 Å². The number of anilines is 1. The monoisotopic (exact) mass is 280 g/mol. The van der Waals surface area contributed by atoms with Gasteiger partial charge in [0, 0.05) is 0 Å². The van der Waals surface area contributed by atoms with E-state index in [-0.39, 0.29) is 5.69 Å². The molecule has 0 amide bonds. The smallest absolute Gasteiger partial charge is 0.340 e. The largest absolute Gasteiger partial charge is 0.465 e. The van der Waals surface area contributed by atoms with E-state index in [0.717, 1.165) is 13.2 Å². The predicted octanol–water partition coefficient (Wildman–Crippen LogP) is 2.34. The van der Waals surface area contributed by atoms with Crippen LogP contribution in [-0.4, -0.2) is 24.0 Å². The first-order valence-electron chi connectivity index (χ1n) is 5.73. The van der Waals surface area contributed by atoms with Gasteiger partial charge in [0.2, 0.25) is 0 Å². The summed E-state index contributed by atoms with van der Waals surface area (Å²) in [6, 6.07) is 1.22. The molecular weight excluding hydrogens is 267 g/mol. The van der Waals surface area contributed by atoms with Gasteiger partial charge in [-0.3, -0.25) is 10.1 Å². The highest BCUT2D eigenvalue weighted by Gasteiger charge is 2.23. The summed E-state index contributed by atoms with van der Waals surface area (Å²) < 4.78 is 18.1. The topological polar surface area (TPSA) is 81.5 Å². The van der Waals surface area contributed by atoms with E-state index in [1.54, 1.807) is 6.92 Å². The van der Waals surface area contributed by atoms with Crippen LogP contribution in [0.1, 0.15) is 23.7 Å². The standard InChI is InChI=1S/C13H13FN2O4/c1-4-8(5-2)15-11-6-9(13(17)20-3)10(14)7-12(11)16(18)19/h1,6-8,15H,5H2,2-3H3. The molecule has 1 N–H and O–H groups in total. The number of hydrogen-bond donors (Lipinski definition) is 1. The van der Waals surface area contributed by atoms with Gasteiger partial charge in [0.1, 0.15) is 11.5 Å². The van der Waals surface area contributed by atoms with Gasteiger partial charge in [-0.25, -0.2) is 9.18 Å². The van der Waals surface area contributed by atoms with Crippen LogP contribution < -0.4 is 5.32 Å².